The van der Waals surface area contributed by atoms with Gasteiger partial charge in [0.2, 0.25) is 11.8 Å². The Morgan fingerprint density at radius 3 is 2.09 bits per heavy atom. The normalized spacial score (nSPS) is 17.4. The Kier molecular flexibility index (Phi) is 12.5. The number of nitrogens with zero attached hydrogens (tertiary/aromatic N) is 2. The van der Waals surface area contributed by atoms with Crippen LogP contribution in [0.1, 0.15) is 56.6 Å². The van der Waals surface area contributed by atoms with Crippen molar-refractivity contribution in [2.45, 2.75) is 88.6 Å². The van der Waals surface area contributed by atoms with Crippen LogP contribution in [0.4, 0.5) is 0 Å². The number of aliphatic carboxylic acids is 1. The van der Waals surface area contributed by atoms with E-state index >= 15 is 0 Å². The van der Waals surface area contributed by atoms with Gasteiger partial charge in [-0.25, -0.2) is 4.79 Å². The number of amides is 3. The highest BCUT2D eigenvalue weighted by Gasteiger charge is 2.41. The Morgan fingerprint density at radius 1 is 0.977 bits per heavy atom. The second-order valence-electron chi connectivity index (χ2n) is 11.4. The topological polar surface area (TPSA) is 194 Å². The number of aliphatic hydroxyl groups excluding tert-OH is 1. The molecule has 12 heteroatoms. The van der Waals surface area contributed by atoms with Crippen molar-refractivity contribution in [1.82, 2.24) is 15.1 Å². The molecule has 0 spiro atoms. The SMILES string of the molecule is CCCCCC(N)C(O)C(=O)N[C@@H](Cc1ccc(O)cc1)C(=O)N(C)[C@@H](Cc1ccc(O)cc1)C(=O)N1CCC[C@H]1C(=O)O. The minimum absolute atomic E-state index is 0.0180. The van der Waals surface area contributed by atoms with E-state index in [4.69, 9.17) is 5.73 Å². The third-order valence-corrected chi connectivity index (χ3v) is 8.09. The molecule has 44 heavy (non-hydrogen) atoms. The molecule has 1 saturated heterocycles. The zero-order valence-electron chi connectivity index (χ0n) is 25.3. The molecule has 1 aliphatic rings. The van der Waals surface area contributed by atoms with Gasteiger partial charge in [0.25, 0.3) is 5.91 Å². The monoisotopic (exact) mass is 612 g/mol. The number of hydrogen-bond acceptors (Lipinski definition) is 8. The number of nitrogens with two attached hydrogens (primary N) is 1. The number of rotatable bonds is 15. The van der Waals surface area contributed by atoms with Crippen LogP contribution in [0.5, 0.6) is 11.5 Å². The summed E-state index contributed by atoms with van der Waals surface area (Å²) in [5, 5.41) is 42.5. The van der Waals surface area contributed by atoms with Crippen molar-refractivity contribution in [1.29, 1.82) is 0 Å². The first kappa shape index (κ1) is 34.3. The largest absolute Gasteiger partial charge is 0.508 e. The summed E-state index contributed by atoms with van der Waals surface area (Å²) < 4.78 is 0. The maximum absolute atomic E-state index is 14.1. The molecule has 1 fully saturated rings. The number of carbonyl (C=O) groups is 4. The van der Waals surface area contributed by atoms with E-state index in [0.29, 0.717) is 30.4 Å². The molecule has 12 nitrogen and oxygen atoms in total. The van der Waals surface area contributed by atoms with E-state index in [9.17, 15) is 39.6 Å². The summed E-state index contributed by atoms with van der Waals surface area (Å²) in [5.74, 6) is -3.10. The van der Waals surface area contributed by atoms with Crippen LogP contribution < -0.4 is 11.1 Å². The number of likely N-dealkylation sites (N-methyl/N-ethyl adjacent to an activating group) is 1. The van der Waals surface area contributed by atoms with Gasteiger partial charge in [0.15, 0.2) is 0 Å². The van der Waals surface area contributed by atoms with Crippen molar-refractivity contribution in [2.24, 2.45) is 5.73 Å². The number of likely N-dealkylation sites (tertiary alicyclic amines) is 1. The lowest BCUT2D eigenvalue weighted by molar-refractivity contribution is -0.153. The van der Waals surface area contributed by atoms with Gasteiger partial charge in [-0.15, -0.1) is 0 Å². The van der Waals surface area contributed by atoms with Crippen molar-refractivity contribution in [3.05, 3.63) is 59.7 Å². The van der Waals surface area contributed by atoms with Crippen LogP contribution in [-0.2, 0) is 32.0 Å². The molecule has 3 rings (SSSR count). The number of carbonyl (C=O) groups excluding carboxylic acids is 3. The van der Waals surface area contributed by atoms with Crippen molar-refractivity contribution >= 4 is 23.7 Å². The molecule has 7 N–H and O–H groups in total. The number of phenolic OH excluding ortho intramolecular Hbond substituents is 2. The predicted molar refractivity (Wildman–Crippen MR) is 163 cm³/mol. The lowest BCUT2D eigenvalue weighted by Crippen LogP contribution is -2.59. The minimum atomic E-state index is -1.57. The minimum Gasteiger partial charge on any atom is -0.508 e. The molecule has 0 bridgehead atoms. The van der Waals surface area contributed by atoms with Gasteiger partial charge in [0, 0.05) is 32.5 Å². The van der Waals surface area contributed by atoms with E-state index in [1.807, 2.05) is 6.92 Å². The van der Waals surface area contributed by atoms with E-state index < -0.39 is 54.0 Å². The fourth-order valence-corrected chi connectivity index (χ4v) is 5.43. The fraction of sp³-hybridized carbons (Fsp3) is 0.500. The van der Waals surface area contributed by atoms with E-state index in [2.05, 4.69) is 5.32 Å². The van der Waals surface area contributed by atoms with Crippen molar-refractivity contribution < 1.29 is 39.6 Å². The summed E-state index contributed by atoms with van der Waals surface area (Å²) in [6, 6.07) is 7.98. The molecule has 0 aromatic heterocycles. The van der Waals surface area contributed by atoms with E-state index in [1.54, 1.807) is 24.3 Å². The average molecular weight is 613 g/mol. The molecule has 2 aromatic carbocycles. The quantitative estimate of drug-likeness (QED) is 0.162. The summed E-state index contributed by atoms with van der Waals surface area (Å²) in [4.78, 5) is 55.5. The van der Waals surface area contributed by atoms with Gasteiger partial charge in [-0.2, -0.15) is 0 Å². The van der Waals surface area contributed by atoms with Crippen LogP contribution in [0, 0.1) is 0 Å². The summed E-state index contributed by atoms with van der Waals surface area (Å²) in [6.07, 6.45) is 2.22. The molecule has 1 aliphatic heterocycles. The summed E-state index contributed by atoms with van der Waals surface area (Å²) in [6.45, 7) is 2.25. The van der Waals surface area contributed by atoms with Crippen LogP contribution in [0.25, 0.3) is 0 Å². The number of aliphatic hydroxyl groups is 1. The third kappa shape index (κ3) is 9.17. The number of hydrogen-bond donors (Lipinski definition) is 6. The van der Waals surface area contributed by atoms with Crippen LogP contribution >= 0.6 is 0 Å². The first-order valence-corrected chi connectivity index (χ1v) is 15.0. The molecule has 0 aliphatic carbocycles. The molecular weight excluding hydrogens is 568 g/mol. The molecule has 5 atom stereocenters. The number of carboxylic acid groups (broad SMARTS) is 1. The number of benzene rings is 2. The molecule has 1 heterocycles. The average Bonchev–Trinajstić information content (AvgIpc) is 3.51. The maximum Gasteiger partial charge on any atom is 0.326 e. The van der Waals surface area contributed by atoms with Gasteiger partial charge >= 0.3 is 5.97 Å². The van der Waals surface area contributed by atoms with Gasteiger partial charge < -0.3 is 41.3 Å². The van der Waals surface area contributed by atoms with Gasteiger partial charge in [-0.05, 0) is 54.7 Å². The number of nitrogens with one attached hydrogen (secondary N) is 1. The second-order valence-corrected chi connectivity index (χ2v) is 11.4. The number of phenols is 2. The Labute approximate surface area is 257 Å². The Hall–Kier alpha value is -4.16. The maximum atomic E-state index is 14.1. The van der Waals surface area contributed by atoms with E-state index in [-0.39, 0.29) is 30.9 Å². The molecule has 0 radical (unpaired) electrons. The van der Waals surface area contributed by atoms with E-state index in [0.717, 1.165) is 19.3 Å². The molecule has 2 unspecified atom stereocenters. The lowest BCUT2D eigenvalue weighted by atomic mass is 9.99. The predicted octanol–water partition coefficient (Wildman–Crippen LogP) is 1.54. The summed E-state index contributed by atoms with van der Waals surface area (Å²) in [5.41, 5.74) is 7.31. The van der Waals surface area contributed by atoms with Crippen LogP contribution in [-0.4, -0.2) is 97.8 Å². The highest BCUT2D eigenvalue weighted by Crippen LogP contribution is 2.23. The molecule has 0 saturated carbocycles. The second kappa shape index (κ2) is 16.1. The number of unbranched alkanes of at least 4 members (excludes halogenated alkanes) is 2. The van der Waals surface area contributed by atoms with Gasteiger partial charge in [0.05, 0.1) is 0 Å². The summed E-state index contributed by atoms with van der Waals surface area (Å²) in [7, 11) is 1.42. The molecule has 240 valence electrons. The lowest BCUT2D eigenvalue weighted by Gasteiger charge is -2.35. The van der Waals surface area contributed by atoms with Crippen molar-refractivity contribution in [2.75, 3.05) is 13.6 Å². The van der Waals surface area contributed by atoms with Crippen molar-refractivity contribution in [3.63, 3.8) is 0 Å². The number of carboxylic acids is 1. The first-order chi connectivity index (χ1) is 20.9. The number of aromatic hydroxyl groups is 2. The molecule has 2 aromatic rings. The van der Waals surface area contributed by atoms with Crippen LogP contribution in [0.3, 0.4) is 0 Å². The Bertz CT molecular complexity index is 1270. The zero-order valence-corrected chi connectivity index (χ0v) is 25.3. The van der Waals surface area contributed by atoms with Crippen molar-refractivity contribution in [3.8, 4) is 11.5 Å². The summed E-state index contributed by atoms with van der Waals surface area (Å²) >= 11 is 0. The molecular formula is C32H44N4O8. The van der Waals surface area contributed by atoms with Gasteiger partial charge in [0.1, 0.15) is 35.7 Å². The van der Waals surface area contributed by atoms with Gasteiger partial charge in [-0.3, -0.25) is 14.4 Å². The highest BCUT2D eigenvalue weighted by atomic mass is 16.4. The Morgan fingerprint density at radius 2 is 1.55 bits per heavy atom. The standard InChI is InChI=1S/C32H44N4O8/c1-3-4-5-7-24(33)28(39)29(40)34-25(18-20-9-13-22(37)14-10-20)30(41)35(2)27(19-21-11-15-23(38)16-12-21)31(42)36-17-6-8-26(36)32(43)44/h9-16,24-28,37-39H,3-8,17-19,33H2,1-2H3,(H,34,40)(H,43,44)/t24?,25-,26-,27-,28?/m0/s1. The smallest absolute Gasteiger partial charge is 0.326 e. The zero-order chi connectivity index (χ0) is 32.4. The van der Waals surface area contributed by atoms with E-state index in [1.165, 1.54) is 41.1 Å². The molecule has 3 amide bonds. The highest BCUT2D eigenvalue weighted by molar-refractivity contribution is 5.94. The first-order valence-electron chi connectivity index (χ1n) is 15.0. The van der Waals surface area contributed by atoms with Crippen LogP contribution in [0.15, 0.2) is 48.5 Å². The Balaban J connectivity index is 1.91. The van der Waals surface area contributed by atoms with Crippen LogP contribution in [0.2, 0.25) is 0 Å². The fourth-order valence-electron chi connectivity index (χ4n) is 5.43. The van der Waals surface area contributed by atoms with Gasteiger partial charge in [-0.1, -0.05) is 50.5 Å². The third-order valence-electron chi connectivity index (χ3n) is 8.09.